The molecule has 0 aromatic heterocycles. The van der Waals surface area contributed by atoms with Crippen LogP contribution in [0.15, 0.2) is 29.8 Å². The van der Waals surface area contributed by atoms with Gasteiger partial charge in [0, 0.05) is 12.1 Å². The molecular formula is C21H15F7O3. The Kier molecular flexibility index (Phi) is 6.28. The van der Waals surface area contributed by atoms with E-state index in [0.29, 0.717) is 12.0 Å². The predicted octanol–water partition coefficient (Wildman–Crippen LogP) is 6.19. The summed E-state index contributed by atoms with van der Waals surface area (Å²) in [5, 5.41) is 0. The van der Waals surface area contributed by atoms with Crippen LogP contribution in [0.3, 0.4) is 0 Å². The molecule has 0 aliphatic heterocycles. The molecule has 10 heteroatoms. The van der Waals surface area contributed by atoms with Crippen molar-refractivity contribution in [3.63, 3.8) is 0 Å². The Labute approximate surface area is 172 Å². The smallest absolute Gasteiger partial charge is 0.423 e. The molecule has 0 radical (unpaired) electrons. The SMILES string of the molecule is CCCC1=CCc2c(cc(F)c(C(=O)Oc3cc(F)c(OC(F)(F)F)c(F)c3)c2F)C1. The van der Waals surface area contributed by atoms with E-state index in [1.54, 1.807) is 6.08 Å². The topological polar surface area (TPSA) is 35.5 Å². The number of carbonyl (C=O) groups is 1. The average molecular weight is 448 g/mol. The lowest BCUT2D eigenvalue weighted by atomic mass is 9.88. The molecule has 2 aromatic rings. The molecule has 1 aliphatic carbocycles. The Hall–Kier alpha value is -3.04. The quantitative estimate of drug-likeness (QED) is 0.237. The molecule has 0 spiro atoms. The van der Waals surface area contributed by atoms with Gasteiger partial charge in [-0.25, -0.2) is 22.4 Å². The van der Waals surface area contributed by atoms with E-state index in [0.717, 1.165) is 24.5 Å². The number of rotatable bonds is 5. The van der Waals surface area contributed by atoms with Crippen molar-refractivity contribution in [3.05, 3.63) is 69.8 Å². The predicted molar refractivity (Wildman–Crippen MR) is 94.8 cm³/mol. The molecule has 1 aliphatic rings. The molecule has 0 atom stereocenters. The highest BCUT2D eigenvalue weighted by molar-refractivity contribution is 5.92. The van der Waals surface area contributed by atoms with Crippen molar-refractivity contribution in [2.45, 2.75) is 39.0 Å². The van der Waals surface area contributed by atoms with Gasteiger partial charge in [0.1, 0.15) is 22.9 Å². The Balaban J connectivity index is 1.87. The standard InChI is InChI=1S/C21H15F7O3/c1-2-3-10-4-5-13-11(6-10)7-14(22)17(18(13)25)20(29)30-12-8-15(23)19(16(24)9-12)31-21(26,27)28/h4,7-9H,2-3,5-6H2,1H3. The second-order valence-electron chi connectivity index (χ2n) is 6.83. The first-order valence-electron chi connectivity index (χ1n) is 9.14. The number of ether oxygens (including phenoxy) is 2. The van der Waals surface area contributed by atoms with E-state index in [9.17, 15) is 35.5 Å². The number of fused-ring (bicyclic) bond motifs is 1. The van der Waals surface area contributed by atoms with Crippen molar-refractivity contribution in [3.8, 4) is 11.5 Å². The minimum absolute atomic E-state index is 0.0967. The van der Waals surface area contributed by atoms with E-state index in [4.69, 9.17) is 0 Å². The molecule has 0 N–H and O–H groups in total. The summed E-state index contributed by atoms with van der Waals surface area (Å²) in [6.07, 6.45) is -1.51. The van der Waals surface area contributed by atoms with Crippen LogP contribution in [0.5, 0.6) is 11.5 Å². The summed E-state index contributed by atoms with van der Waals surface area (Å²) in [6, 6.07) is 1.46. The fourth-order valence-corrected chi connectivity index (χ4v) is 3.32. The van der Waals surface area contributed by atoms with Gasteiger partial charge in [-0.3, -0.25) is 0 Å². The molecule has 0 saturated carbocycles. The number of halogens is 7. The highest BCUT2D eigenvalue weighted by Crippen LogP contribution is 2.33. The number of alkyl halides is 3. The highest BCUT2D eigenvalue weighted by atomic mass is 19.4. The Morgan fingerprint density at radius 1 is 1.03 bits per heavy atom. The lowest BCUT2D eigenvalue weighted by Gasteiger charge is -2.19. The second kappa shape index (κ2) is 8.60. The number of hydrogen-bond acceptors (Lipinski definition) is 3. The third kappa shape index (κ3) is 5.00. The molecule has 2 aromatic carbocycles. The lowest BCUT2D eigenvalue weighted by molar-refractivity contribution is -0.276. The van der Waals surface area contributed by atoms with Crippen molar-refractivity contribution >= 4 is 5.97 Å². The van der Waals surface area contributed by atoms with Gasteiger partial charge in [0.05, 0.1) is 0 Å². The number of carbonyl (C=O) groups excluding carboxylic acids is 1. The van der Waals surface area contributed by atoms with E-state index >= 15 is 0 Å². The first-order valence-corrected chi connectivity index (χ1v) is 9.14. The van der Waals surface area contributed by atoms with E-state index in [-0.39, 0.29) is 24.1 Å². The minimum atomic E-state index is -5.36. The molecule has 31 heavy (non-hydrogen) atoms. The Bertz CT molecular complexity index is 1030. The van der Waals surface area contributed by atoms with E-state index < -0.39 is 52.7 Å². The van der Waals surface area contributed by atoms with E-state index in [1.807, 2.05) is 6.92 Å². The molecule has 3 rings (SSSR count). The minimum Gasteiger partial charge on any atom is -0.423 e. The van der Waals surface area contributed by atoms with Crippen molar-refractivity contribution in [1.29, 1.82) is 0 Å². The van der Waals surface area contributed by atoms with Crippen molar-refractivity contribution in [2.24, 2.45) is 0 Å². The van der Waals surface area contributed by atoms with Gasteiger partial charge in [0.2, 0.25) is 5.75 Å². The second-order valence-corrected chi connectivity index (χ2v) is 6.83. The fourth-order valence-electron chi connectivity index (χ4n) is 3.32. The van der Waals surface area contributed by atoms with Gasteiger partial charge in [-0.2, -0.15) is 0 Å². The zero-order valence-corrected chi connectivity index (χ0v) is 16.0. The maximum atomic E-state index is 14.8. The summed E-state index contributed by atoms with van der Waals surface area (Å²) in [7, 11) is 0. The normalized spacial score (nSPS) is 13.5. The summed E-state index contributed by atoms with van der Waals surface area (Å²) < 4.78 is 101. The van der Waals surface area contributed by atoms with Gasteiger partial charge in [-0.15, -0.1) is 13.2 Å². The van der Waals surface area contributed by atoms with Crippen LogP contribution in [0, 0.1) is 23.3 Å². The van der Waals surface area contributed by atoms with Gasteiger partial charge < -0.3 is 9.47 Å². The van der Waals surface area contributed by atoms with Gasteiger partial charge >= 0.3 is 12.3 Å². The molecular weight excluding hydrogens is 433 g/mol. The molecule has 0 unspecified atom stereocenters. The fraction of sp³-hybridized carbons (Fsp3) is 0.286. The van der Waals surface area contributed by atoms with Crippen molar-refractivity contribution < 1.29 is 45.0 Å². The van der Waals surface area contributed by atoms with Gasteiger partial charge in [-0.05, 0) is 36.5 Å². The monoisotopic (exact) mass is 448 g/mol. The van der Waals surface area contributed by atoms with Crippen LogP contribution in [0.2, 0.25) is 0 Å². The van der Waals surface area contributed by atoms with E-state index in [2.05, 4.69) is 9.47 Å². The molecule has 0 fully saturated rings. The maximum Gasteiger partial charge on any atom is 0.573 e. The van der Waals surface area contributed by atoms with Gasteiger partial charge in [0.25, 0.3) is 0 Å². The summed E-state index contributed by atoms with van der Waals surface area (Å²) in [5.41, 5.74) is 0.418. The van der Waals surface area contributed by atoms with Crippen LogP contribution in [-0.4, -0.2) is 12.3 Å². The largest absolute Gasteiger partial charge is 0.573 e. The van der Waals surface area contributed by atoms with Crippen LogP contribution in [0.25, 0.3) is 0 Å². The number of allylic oxidation sites excluding steroid dienone is 2. The zero-order valence-electron chi connectivity index (χ0n) is 16.0. The zero-order chi connectivity index (χ0) is 22.9. The van der Waals surface area contributed by atoms with Crippen LogP contribution in [-0.2, 0) is 12.8 Å². The lowest BCUT2D eigenvalue weighted by Crippen LogP contribution is -2.19. The van der Waals surface area contributed by atoms with Crippen LogP contribution in [0.4, 0.5) is 30.7 Å². The number of hydrogen-bond donors (Lipinski definition) is 0. The van der Waals surface area contributed by atoms with Crippen molar-refractivity contribution in [1.82, 2.24) is 0 Å². The van der Waals surface area contributed by atoms with Gasteiger partial charge in [0.15, 0.2) is 11.6 Å². The van der Waals surface area contributed by atoms with E-state index in [1.165, 1.54) is 0 Å². The molecule has 3 nitrogen and oxygen atoms in total. The average Bonchev–Trinajstić information content (AvgIpc) is 2.64. The first-order chi connectivity index (χ1) is 14.5. The molecule has 0 heterocycles. The maximum absolute atomic E-state index is 14.8. The summed E-state index contributed by atoms with van der Waals surface area (Å²) >= 11 is 0. The number of benzene rings is 2. The molecule has 0 saturated heterocycles. The van der Waals surface area contributed by atoms with Crippen LogP contribution >= 0.6 is 0 Å². The molecule has 0 bridgehead atoms. The Morgan fingerprint density at radius 2 is 1.68 bits per heavy atom. The summed E-state index contributed by atoms with van der Waals surface area (Å²) in [5.74, 6) is -10.3. The number of esters is 1. The summed E-state index contributed by atoms with van der Waals surface area (Å²) in [6.45, 7) is 1.96. The van der Waals surface area contributed by atoms with Crippen LogP contribution < -0.4 is 9.47 Å². The highest BCUT2D eigenvalue weighted by Gasteiger charge is 2.34. The third-order valence-corrected chi connectivity index (χ3v) is 4.60. The van der Waals surface area contributed by atoms with Gasteiger partial charge in [-0.1, -0.05) is 25.0 Å². The third-order valence-electron chi connectivity index (χ3n) is 4.60. The van der Waals surface area contributed by atoms with Crippen LogP contribution in [0.1, 0.15) is 41.3 Å². The Morgan fingerprint density at radius 3 is 2.26 bits per heavy atom. The summed E-state index contributed by atoms with van der Waals surface area (Å²) in [4.78, 5) is 12.3. The van der Waals surface area contributed by atoms with Crippen molar-refractivity contribution in [2.75, 3.05) is 0 Å². The molecule has 166 valence electrons. The first kappa shape index (κ1) is 22.6. The molecule has 0 amide bonds.